The summed E-state index contributed by atoms with van der Waals surface area (Å²) in [6, 6.07) is 6.88. The standard InChI is InChI=1S/C29H50NO2/c1-2-3-4-5-6-7-8-9-10-11-12-13-14-15-16-17-18-19-20-21-29(32)30-26-27-22-24-28(31)25-23-27/h22-25,31H,2-21,26H2,1H3. The predicted octanol–water partition coefficient (Wildman–Crippen LogP) is 8.85. The second kappa shape index (κ2) is 21.3. The number of carbonyl (C=O) groups is 1. The highest BCUT2D eigenvalue weighted by Gasteiger charge is 2.03. The van der Waals surface area contributed by atoms with Crippen LogP contribution in [0.4, 0.5) is 0 Å². The first kappa shape index (κ1) is 28.5. The van der Waals surface area contributed by atoms with Crippen LogP contribution in [-0.4, -0.2) is 11.0 Å². The third kappa shape index (κ3) is 18.1. The Morgan fingerprint density at radius 1 is 0.625 bits per heavy atom. The molecule has 0 aliphatic heterocycles. The molecule has 0 aliphatic rings. The van der Waals surface area contributed by atoms with E-state index in [1.165, 1.54) is 109 Å². The number of hydrogen-bond donors (Lipinski definition) is 1. The molecule has 1 aromatic rings. The van der Waals surface area contributed by atoms with E-state index in [0.29, 0.717) is 13.0 Å². The first-order valence-corrected chi connectivity index (χ1v) is 13.7. The smallest absolute Gasteiger partial charge is 0.241 e. The molecule has 0 aliphatic carbocycles. The Kier molecular flexibility index (Phi) is 19.0. The molecule has 1 radical (unpaired) electrons. The lowest BCUT2D eigenvalue weighted by atomic mass is 10.0. The van der Waals surface area contributed by atoms with Gasteiger partial charge in [-0.2, -0.15) is 0 Å². The van der Waals surface area contributed by atoms with Crippen molar-refractivity contribution >= 4 is 5.91 Å². The Morgan fingerprint density at radius 2 is 1.00 bits per heavy atom. The van der Waals surface area contributed by atoms with Crippen molar-refractivity contribution in [3.05, 3.63) is 29.8 Å². The Balaban J connectivity index is 1.74. The number of aromatic hydroxyl groups is 1. The summed E-state index contributed by atoms with van der Waals surface area (Å²) in [5.74, 6) is 0.249. The Hall–Kier alpha value is -1.51. The van der Waals surface area contributed by atoms with Crippen LogP contribution in [0.25, 0.3) is 0 Å². The molecule has 183 valence electrons. The van der Waals surface area contributed by atoms with Crippen molar-refractivity contribution in [3.8, 4) is 5.75 Å². The maximum absolute atomic E-state index is 11.8. The summed E-state index contributed by atoms with van der Waals surface area (Å²) >= 11 is 0. The van der Waals surface area contributed by atoms with Gasteiger partial charge in [-0.1, -0.05) is 135 Å². The van der Waals surface area contributed by atoms with E-state index < -0.39 is 0 Å². The third-order valence-electron chi connectivity index (χ3n) is 6.37. The van der Waals surface area contributed by atoms with Gasteiger partial charge in [0.25, 0.3) is 0 Å². The molecule has 3 nitrogen and oxygen atoms in total. The van der Waals surface area contributed by atoms with E-state index in [-0.39, 0.29) is 11.7 Å². The van der Waals surface area contributed by atoms with Crippen molar-refractivity contribution in [1.82, 2.24) is 5.32 Å². The van der Waals surface area contributed by atoms with E-state index in [1.54, 1.807) is 12.1 Å². The lowest BCUT2D eigenvalue weighted by Gasteiger charge is -2.04. The van der Waals surface area contributed by atoms with Crippen LogP contribution in [0.3, 0.4) is 0 Å². The average Bonchev–Trinajstić information content (AvgIpc) is 2.80. The minimum Gasteiger partial charge on any atom is -0.508 e. The molecule has 1 N–H and O–H groups in total. The fourth-order valence-corrected chi connectivity index (χ4v) is 4.21. The molecule has 0 heterocycles. The van der Waals surface area contributed by atoms with Crippen LogP contribution in [0.15, 0.2) is 24.3 Å². The van der Waals surface area contributed by atoms with Crippen LogP contribution in [0.2, 0.25) is 0 Å². The monoisotopic (exact) mass is 444 g/mol. The molecule has 1 rings (SSSR count). The zero-order valence-corrected chi connectivity index (χ0v) is 21.0. The van der Waals surface area contributed by atoms with E-state index >= 15 is 0 Å². The van der Waals surface area contributed by atoms with Gasteiger partial charge in [-0.25, -0.2) is 5.32 Å². The lowest BCUT2D eigenvalue weighted by molar-refractivity contribution is -0.121. The molecule has 3 heteroatoms. The summed E-state index contributed by atoms with van der Waals surface area (Å²) in [5, 5.41) is 13.4. The highest BCUT2D eigenvalue weighted by atomic mass is 16.3. The summed E-state index contributed by atoms with van der Waals surface area (Å²) < 4.78 is 0. The molecule has 0 atom stereocenters. The molecule has 0 unspecified atom stereocenters. The second-order valence-corrected chi connectivity index (χ2v) is 9.49. The number of phenols is 1. The van der Waals surface area contributed by atoms with E-state index in [2.05, 4.69) is 12.2 Å². The zero-order valence-electron chi connectivity index (χ0n) is 21.0. The lowest BCUT2D eigenvalue weighted by Crippen LogP contribution is -2.14. The van der Waals surface area contributed by atoms with Crippen molar-refractivity contribution in [3.63, 3.8) is 0 Å². The van der Waals surface area contributed by atoms with E-state index in [1.807, 2.05) is 12.1 Å². The van der Waals surface area contributed by atoms with Gasteiger partial charge in [-0.05, 0) is 24.1 Å². The van der Waals surface area contributed by atoms with Crippen molar-refractivity contribution in [1.29, 1.82) is 0 Å². The average molecular weight is 445 g/mol. The molecule has 0 bridgehead atoms. The number of hydrogen-bond acceptors (Lipinski definition) is 2. The predicted molar refractivity (Wildman–Crippen MR) is 137 cm³/mol. The van der Waals surface area contributed by atoms with Gasteiger partial charge in [0, 0.05) is 6.42 Å². The van der Waals surface area contributed by atoms with Gasteiger partial charge in [-0.15, -0.1) is 0 Å². The number of unbranched alkanes of at least 4 members (excludes halogenated alkanes) is 18. The number of phenolic OH excluding ortho intramolecular Hbond substituents is 1. The maximum atomic E-state index is 11.8. The quantitative estimate of drug-likeness (QED) is 0.182. The van der Waals surface area contributed by atoms with Gasteiger partial charge in [0.1, 0.15) is 5.75 Å². The molecule has 1 aromatic carbocycles. The summed E-state index contributed by atoms with van der Waals surface area (Å²) in [7, 11) is 0. The highest BCUT2D eigenvalue weighted by molar-refractivity contribution is 5.75. The largest absolute Gasteiger partial charge is 0.508 e. The molecule has 1 amide bonds. The zero-order chi connectivity index (χ0) is 23.1. The fourth-order valence-electron chi connectivity index (χ4n) is 4.21. The van der Waals surface area contributed by atoms with Crippen LogP contribution >= 0.6 is 0 Å². The van der Waals surface area contributed by atoms with Gasteiger partial charge in [0.05, 0.1) is 6.54 Å². The number of rotatable bonds is 22. The summed E-state index contributed by atoms with van der Waals surface area (Å²) in [5.41, 5.74) is 0.962. The summed E-state index contributed by atoms with van der Waals surface area (Å²) in [4.78, 5) is 11.8. The first-order chi connectivity index (χ1) is 15.7. The minimum atomic E-state index is 0.00467. The molecule has 0 saturated heterocycles. The van der Waals surface area contributed by atoms with Gasteiger partial charge in [0.15, 0.2) is 0 Å². The van der Waals surface area contributed by atoms with Crippen molar-refractivity contribution < 1.29 is 9.90 Å². The van der Waals surface area contributed by atoms with Crippen LogP contribution < -0.4 is 5.32 Å². The van der Waals surface area contributed by atoms with Crippen molar-refractivity contribution in [2.45, 2.75) is 142 Å². The summed E-state index contributed by atoms with van der Waals surface area (Å²) in [6.07, 6.45) is 26.5. The Bertz CT molecular complexity index is 541. The fraction of sp³-hybridized carbons (Fsp3) is 0.759. The van der Waals surface area contributed by atoms with Crippen LogP contribution in [-0.2, 0) is 11.3 Å². The minimum absolute atomic E-state index is 0.00467. The SMILES string of the molecule is CCCCCCCCCCCCCCCCCCCCCC(=O)[N]Cc1ccc(O)cc1. The molecule has 32 heavy (non-hydrogen) atoms. The number of benzene rings is 1. The van der Waals surface area contributed by atoms with Crippen molar-refractivity contribution in [2.24, 2.45) is 0 Å². The number of amides is 1. The Morgan fingerprint density at radius 3 is 1.41 bits per heavy atom. The highest BCUT2D eigenvalue weighted by Crippen LogP contribution is 2.15. The molecular formula is C29H50NO2. The van der Waals surface area contributed by atoms with Gasteiger partial charge in [0.2, 0.25) is 5.91 Å². The molecule has 0 spiro atoms. The molecular weight excluding hydrogens is 394 g/mol. The van der Waals surface area contributed by atoms with E-state index in [9.17, 15) is 9.90 Å². The van der Waals surface area contributed by atoms with Crippen LogP contribution in [0.5, 0.6) is 5.75 Å². The normalized spacial score (nSPS) is 11.0. The molecule has 0 fully saturated rings. The van der Waals surface area contributed by atoms with Gasteiger partial charge in [-0.3, -0.25) is 4.79 Å². The Labute approximate surface area is 198 Å². The van der Waals surface area contributed by atoms with Crippen LogP contribution in [0.1, 0.15) is 141 Å². The summed E-state index contributed by atoms with van der Waals surface area (Å²) in [6.45, 7) is 2.70. The van der Waals surface area contributed by atoms with Crippen molar-refractivity contribution in [2.75, 3.05) is 0 Å². The van der Waals surface area contributed by atoms with Crippen LogP contribution in [0, 0.1) is 0 Å². The topological polar surface area (TPSA) is 51.4 Å². The first-order valence-electron chi connectivity index (χ1n) is 13.7. The maximum Gasteiger partial charge on any atom is 0.241 e. The molecule has 0 saturated carbocycles. The van der Waals surface area contributed by atoms with Gasteiger partial charge >= 0.3 is 0 Å². The number of nitrogens with zero attached hydrogens (tertiary/aromatic N) is 1. The van der Waals surface area contributed by atoms with Gasteiger partial charge < -0.3 is 5.11 Å². The third-order valence-corrected chi connectivity index (χ3v) is 6.37. The van der Waals surface area contributed by atoms with E-state index in [0.717, 1.165) is 18.4 Å². The van der Waals surface area contributed by atoms with E-state index in [4.69, 9.17) is 0 Å². The molecule has 0 aromatic heterocycles. The number of carbonyl (C=O) groups excluding carboxylic acids is 1. The second-order valence-electron chi connectivity index (χ2n) is 9.49.